The molecule has 0 spiro atoms. The lowest BCUT2D eigenvalue weighted by molar-refractivity contribution is -0.0134. The summed E-state index contributed by atoms with van der Waals surface area (Å²) < 4.78 is 11.3. The maximum absolute atomic E-state index is 8.58. The summed E-state index contributed by atoms with van der Waals surface area (Å²) in [5.74, 6) is 3.36. The average molecular weight is 376 g/mol. The zero-order chi connectivity index (χ0) is 18.1. The van der Waals surface area contributed by atoms with E-state index in [0.29, 0.717) is 13.0 Å². The summed E-state index contributed by atoms with van der Waals surface area (Å²) in [4.78, 5) is 2.64. The second kappa shape index (κ2) is 10.2. The monoisotopic (exact) mass is 375 g/mol. The van der Waals surface area contributed by atoms with Crippen molar-refractivity contribution in [1.29, 1.82) is 5.26 Å². The molecule has 6 heteroatoms. The van der Waals surface area contributed by atoms with Crippen LogP contribution in [-0.4, -0.2) is 61.4 Å². The molecule has 3 rings (SSSR count). The van der Waals surface area contributed by atoms with Crippen LogP contribution in [0.1, 0.15) is 24.8 Å². The molecule has 2 heterocycles. The fourth-order valence-corrected chi connectivity index (χ4v) is 5.14. The minimum atomic E-state index is 0.278. The molecule has 5 nitrogen and oxygen atoms in total. The van der Waals surface area contributed by atoms with Crippen LogP contribution in [-0.2, 0) is 11.3 Å². The number of nitriles is 1. The Balaban J connectivity index is 1.49. The summed E-state index contributed by atoms with van der Waals surface area (Å²) in [6, 6.07) is 10.4. The topological polar surface area (TPSA) is 57.5 Å². The second-order valence-electron chi connectivity index (χ2n) is 6.99. The fraction of sp³-hybridized carbons (Fsp3) is 0.650. The number of thioether (sulfide) groups is 1. The third kappa shape index (κ3) is 5.37. The van der Waals surface area contributed by atoms with Gasteiger partial charge in [-0.05, 0) is 36.3 Å². The van der Waals surface area contributed by atoms with Gasteiger partial charge < -0.3 is 14.8 Å². The van der Waals surface area contributed by atoms with Crippen molar-refractivity contribution in [2.75, 3.05) is 51.0 Å². The first kappa shape index (κ1) is 19.5. The van der Waals surface area contributed by atoms with Crippen molar-refractivity contribution in [2.24, 2.45) is 0 Å². The zero-order valence-electron chi connectivity index (χ0n) is 15.4. The Morgan fingerprint density at radius 2 is 2.23 bits per heavy atom. The van der Waals surface area contributed by atoms with Gasteiger partial charge in [0.25, 0.3) is 0 Å². The quantitative estimate of drug-likeness (QED) is 0.670. The van der Waals surface area contributed by atoms with Crippen molar-refractivity contribution < 1.29 is 9.47 Å². The Hall–Kier alpha value is -1.26. The largest absolute Gasteiger partial charge is 0.494 e. The Bertz CT molecular complexity index is 593. The molecule has 0 aliphatic carbocycles. The molecule has 142 valence electrons. The van der Waals surface area contributed by atoms with Gasteiger partial charge in [-0.1, -0.05) is 12.1 Å². The minimum absolute atomic E-state index is 0.278. The molecule has 0 amide bonds. The van der Waals surface area contributed by atoms with Crippen LogP contribution < -0.4 is 10.1 Å². The highest BCUT2D eigenvalue weighted by atomic mass is 32.2. The Kier molecular flexibility index (Phi) is 7.63. The minimum Gasteiger partial charge on any atom is -0.494 e. The third-order valence-corrected chi connectivity index (χ3v) is 6.38. The van der Waals surface area contributed by atoms with Gasteiger partial charge in [-0.15, -0.1) is 0 Å². The van der Waals surface area contributed by atoms with Crippen LogP contribution >= 0.6 is 11.8 Å². The molecule has 2 saturated heterocycles. The van der Waals surface area contributed by atoms with Gasteiger partial charge in [0.15, 0.2) is 0 Å². The first-order valence-electron chi connectivity index (χ1n) is 9.52. The van der Waals surface area contributed by atoms with Crippen LogP contribution in [0.2, 0.25) is 0 Å². The molecule has 1 aromatic rings. The highest BCUT2D eigenvalue weighted by molar-refractivity contribution is 7.99. The van der Waals surface area contributed by atoms with Crippen LogP contribution in [0.25, 0.3) is 0 Å². The number of ether oxygens (including phenoxy) is 2. The van der Waals surface area contributed by atoms with Gasteiger partial charge in [0.05, 0.1) is 25.9 Å². The molecule has 1 aromatic carbocycles. The number of benzene rings is 1. The zero-order valence-corrected chi connectivity index (χ0v) is 16.2. The number of hydrogen-bond donors (Lipinski definition) is 1. The molecule has 0 saturated carbocycles. The number of rotatable bonds is 9. The van der Waals surface area contributed by atoms with E-state index in [-0.39, 0.29) is 5.54 Å². The number of hydrogen-bond acceptors (Lipinski definition) is 6. The smallest absolute Gasteiger partial charge is 0.119 e. The molecule has 0 bridgehead atoms. The molecule has 0 aromatic heterocycles. The molecule has 2 fully saturated rings. The maximum atomic E-state index is 8.58. The lowest BCUT2D eigenvalue weighted by Gasteiger charge is -2.43. The van der Waals surface area contributed by atoms with Crippen molar-refractivity contribution >= 4 is 11.8 Å². The van der Waals surface area contributed by atoms with Crippen molar-refractivity contribution in [3.05, 3.63) is 29.8 Å². The van der Waals surface area contributed by atoms with Gasteiger partial charge in [-0.2, -0.15) is 17.0 Å². The summed E-state index contributed by atoms with van der Waals surface area (Å²) in [5.41, 5.74) is 1.52. The lowest BCUT2D eigenvalue weighted by atomic mass is 9.95. The summed E-state index contributed by atoms with van der Waals surface area (Å²) >= 11 is 2.07. The van der Waals surface area contributed by atoms with Crippen molar-refractivity contribution in [2.45, 2.75) is 31.3 Å². The van der Waals surface area contributed by atoms with Crippen molar-refractivity contribution in [1.82, 2.24) is 10.2 Å². The first-order valence-corrected chi connectivity index (χ1v) is 10.7. The molecule has 1 unspecified atom stereocenters. The van der Waals surface area contributed by atoms with E-state index in [0.717, 1.165) is 51.6 Å². The lowest BCUT2D eigenvalue weighted by Crippen LogP contribution is -2.58. The average Bonchev–Trinajstić information content (AvgIpc) is 3.16. The predicted octanol–water partition coefficient (Wildman–Crippen LogP) is 2.67. The van der Waals surface area contributed by atoms with Gasteiger partial charge in [-0.3, -0.25) is 4.90 Å². The van der Waals surface area contributed by atoms with E-state index in [1.54, 1.807) is 0 Å². The van der Waals surface area contributed by atoms with Gasteiger partial charge in [-0.25, -0.2) is 0 Å². The summed E-state index contributed by atoms with van der Waals surface area (Å²) in [7, 11) is 0. The van der Waals surface area contributed by atoms with Crippen LogP contribution in [0.4, 0.5) is 0 Å². The predicted molar refractivity (Wildman–Crippen MR) is 106 cm³/mol. The molecular weight excluding hydrogens is 346 g/mol. The first-order chi connectivity index (χ1) is 12.8. The van der Waals surface area contributed by atoms with Crippen LogP contribution in [0.3, 0.4) is 0 Å². The molecule has 1 atom stereocenters. The molecule has 26 heavy (non-hydrogen) atoms. The van der Waals surface area contributed by atoms with E-state index < -0.39 is 0 Å². The van der Waals surface area contributed by atoms with E-state index in [1.165, 1.54) is 23.5 Å². The number of nitrogens with zero attached hydrogens (tertiary/aromatic N) is 2. The molecular formula is C20H29N3O2S. The van der Waals surface area contributed by atoms with E-state index in [4.69, 9.17) is 14.7 Å². The van der Waals surface area contributed by atoms with Crippen LogP contribution in [0.5, 0.6) is 5.75 Å². The van der Waals surface area contributed by atoms with E-state index >= 15 is 0 Å². The van der Waals surface area contributed by atoms with Crippen molar-refractivity contribution in [3.63, 3.8) is 0 Å². The Morgan fingerprint density at radius 1 is 1.35 bits per heavy atom. The van der Waals surface area contributed by atoms with Gasteiger partial charge in [0, 0.05) is 43.9 Å². The van der Waals surface area contributed by atoms with Crippen LogP contribution in [0.15, 0.2) is 24.3 Å². The number of nitrogens with one attached hydrogen (secondary N) is 1. The van der Waals surface area contributed by atoms with Gasteiger partial charge in [0.1, 0.15) is 5.75 Å². The normalized spacial score (nSPS) is 23.7. The van der Waals surface area contributed by atoms with E-state index in [1.807, 2.05) is 12.1 Å². The fourth-order valence-electron chi connectivity index (χ4n) is 3.66. The molecule has 2 aliphatic rings. The van der Waals surface area contributed by atoms with Gasteiger partial charge >= 0.3 is 0 Å². The Labute approximate surface area is 161 Å². The highest BCUT2D eigenvalue weighted by Gasteiger charge is 2.40. The van der Waals surface area contributed by atoms with E-state index in [2.05, 4.69) is 40.2 Å². The molecule has 2 aliphatic heterocycles. The van der Waals surface area contributed by atoms with Crippen molar-refractivity contribution in [3.8, 4) is 11.8 Å². The summed E-state index contributed by atoms with van der Waals surface area (Å²) in [5, 5.41) is 12.3. The second-order valence-corrected chi connectivity index (χ2v) is 8.09. The summed E-state index contributed by atoms with van der Waals surface area (Å²) in [6.07, 6.45) is 2.58. The maximum Gasteiger partial charge on any atom is 0.119 e. The standard InChI is InChI=1S/C20H29N3O2S/c21-7-1-2-10-25-19-5-3-4-18(14-19)15-22-16-20(6-13-26-17-20)23-8-11-24-12-9-23/h3-5,14,22H,1-2,6,8-13,15-17H2. The van der Waals surface area contributed by atoms with Gasteiger partial charge in [0.2, 0.25) is 0 Å². The Morgan fingerprint density at radius 3 is 3.00 bits per heavy atom. The van der Waals surface area contributed by atoms with E-state index in [9.17, 15) is 0 Å². The number of morpholine rings is 1. The SMILES string of the molecule is N#CCCCOc1cccc(CNCC2(N3CCOCC3)CCSC2)c1. The molecule has 1 N–H and O–H groups in total. The third-order valence-electron chi connectivity index (χ3n) is 5.15. The molecule has 0 radical (unpaired) electrons. The number of unbranched alkanes of at least 4 members (excludes halogenated alkanes) is 1. The van der Waals surface area contributed by atoms with Crippen LogP contribution in [0, 0.1) is 11.3 Å². The summed E-state index contributed by atoms with van der Waals surface area (Å²) in [6.45, 7) is 6.29. The highest BCUT2D eigenvalue weighted by Crippen LogP contribution is 2.33.